The number of hydrogen-bond donors (Lipinski definition) is 1. The standard InChI is InChI=1S/C14H23NS/c1-2-15-8-13(1)16-14-11-4-9-3-10(6-11)7-12(14)5-9/h9-15H,1-8H2. The average molecular weight is 237 g/mol. The van der Waals surface area contributed by atoms with Crippen LogP contribution in [0.25, 0.3) is 0 Å². The normalized spacial score (nSPS) is 54.8. The summed E-state index contributed by atoms with van der Waals surface area (Å²) < 4.78 is 0. The van der Waals surface area contributed by atoms with E-state index < -0.39 is 0 Å². The molecule has 4 aliphatic carbocycles. The van der Waals surface area contributed by atoms with Crippen molar-refractivity contribution in [3.63, 3.8) is 0 Å². The molecule has 1 atom stereocenters. The van der Waals surface area contributed by atoms with Crippen molar-refractivity contribution in [1.82, 2.24) is 5.32 Å². The molecule has 16 heavy (non-hydrogen) atoms. The van der Waals surface area contributed by atoms with E-state index in [-0.39, 0.29) is 0 Å². The number of rotatable bonds is 2. The fraction of sp³-hybridized carbons (Fsp3) is 1.00. The fourth-order valence-electron chi connectivity index (χ4n) is 5.06. The summed E-state index contributed by atoms with van der Waals surface area (Å²) in [6, 6.07) is 0. The highest BCUT2D eigenvalue weighted by Crippen LogP contribution is 2.57. The van der Waals surface area contributed by atoms with Crippen LogP contribution in [0.1, 0.15) is 38.5 Å². The Morgan fingerprint density at radius 1 is 0.875 bits per heavy atom. The van der Waals surface area contributed by atoms with Crippen LogP contribution in [0.2, 0.25) is 0 Å². The van der Waals surface area contributed by atoms with E-state index in [0.717, 1.165) is 34.2 Å². The van der Waals surface area contributed by atoms with Gasteiger partial charge in [0, 0.05) is 17.0 Å². The monoisotopic (exact) mass is 237 g/mol. The summed E-state index contributed by atoms with van der Waals surface area (Å²) >= 11 is 2.38. The molecule has 1 heterocycles. The molecule has 0 aromatic carbocycles. The third kappa shape index (κ3) is 1.64. The zero-order valence-corrected chi connectivity index (χ0v) is 10.8. The fourth-order valence-corrected chi connectivity index (χ4v) is 6.87. The lowest BCUT2D eigenvalue weighted by Crippen LogP contribution is -2.47. The van der Waals surface area contributed by atoms with E-state index in [0.29, 0.717) is 0 Å². The summed E-state index contributed by atoms with van der Waals surface area (Å²) in [7, 11) is 0. The molecule has 0 amide bonds. The van der Waals surface area contributed by atoms with Crippen LogP contribution >= 0.6 is 11.8 Å². The summed E-state index contributed by atoms with van der Waals surface area (Å²) in [5.41, 5.74) is 0. The SMILES string of the molecule is C1CC(SC2C3CC4CC(C3)CC2C4)CN1. The molecule has 5 aliphatic rings. The van der Waals surface area contributed by atoms with E-state index in [2.05, 4.69) is 17.1 Å². The Hall–Kier alpha value is 0.310. The lowest BCUT2D eigenvalue weighted by molar-refractivity contribution is 0.0266. The second kappa shape index (κ2) is 3.91. The first-order chi connectivity index (χ1) is 7.88. The van der Waals surface area contributed by atoms with Crippen LogP contribution in [0, 0.1) is 23.7 Å². The van der Waals surface area contributed by atoms with Gasteiger partial charge in [0.2, 0.25) is 0 Å². The number of hydrogen-bond acceptors (Lipinski definition) is 2. The minimum absolute atomic E-state index is 0.947. The van der Waals surface area contributed by atoms with Crippen LogP contribution in [-0.4, -0.2) is 23.6 Å². The lowest BCUT2D eigenvalue weighted by atomic mass is 9.56. The number of nitrogens with one attached hydrogen (secondary N) is 1. The molecule has 0 radical (unpaired) electrons. The van der Waals surface area contributed by atoms with Crippen molar-refractivity contribution < 1.29 is 0 Å². The van der Waals surface area contributed by atoms with Crippen molar-refractivity contribution in [3.05, 3.63) is 0 Å². The van der Waals surface area contributed by atoms with Crippen molar-refractivity contribution in [3.8, 4) is 0 Å². The van der Waals surface area contributed by atoms with Gasteiger partial charge in [0.05, 0.1) is 0 Å². The maximum atomic E-state index is 3.52. The minimum Gasteiger partial charge on any atom is -0.316 e. The second-order valence-electron chi connectivity index (χ2n) is 6.65. The second-order valence-corrected chi connectivity index (χ2v) is 8.13. The Morgan fingerprint density at radius 3 is 2.12 bits per heavy atom. The van der Waals surface area contributed by atoms with E-state index in [9.17, 15) is 0 Å². The third-order valence-electron chi connectivity index (χ3n) is 5.50. The van der Waals surface area contributed by atoms with Crippen molar-refractivity contribution in [2.45, 2.75) is 49.0 Å². The molecule has 4 bridgehead atoms. The van der Waals surface area contributed by atoms with Gasteiger partial charge in [-0.15, -0.1) is 0 Å². The van der Waals surface area contributed by atoms with E-state index in [4.69, 9.17) is 0 Å². The van der Waals surface area contributed by atoms with Gasteiger partial charge in [-0.3, -0.25) is 0 Å². The Balaban J connectivity index is 1.47. The zero-order chi connectivity index (χ0) is 10.5. The Bertz CT molecular complexity index is 244. The maximum absolute atomic E-state index is 3.52. The van der Waals surface area contributed by atoms with Crippen LogP contribution in [-0.2, 0) is 0 Å². The molecule has 1 saturated heterocycles. The smallest absolute Gasteiger partial charge is 0.0187 e. The van der Waals surface area contributed by atoms with Crippen molar-refractivity contribution in [1.29, 1.82) is 0 Å². The molecule has 1 unspecified atom stereocenters. The van der Waals surface area contributed by atoms with Gasteiger partial charge in [0.25, 0.3) is 0 Å². The van der Waals surface area contributed by atoms with E-state index in [1.807, 2.05) is 0 Å². The first-order valence-electron chi connectivity index (χ1n) is 7.24. The molecular formula is C14H23NS. The molecule has 5 fully saturated rings. The molecule has 0 aromatic rings. The van der Waals surface area contributed by atoms with Gasteiger partial charge in [-0.1, -0.05) is 0 Å². The Kier molecular flexibility index (Phi) is 2.51. The summed E-state index contributed by atoms with van der Waals surface area (Å²) in [6.07, 6.45) is 9.37. The largest absolute Gasteiger partial charge is 0.316 e. The van der Waals surface area contributed by atoms with E-state index in [1.165, 1.54) is 19.5 Å². The van der Waals surface area contributed by atoms with Crippen molar-refractivity contribution in [2.24, 2.45) is 23.7 Å². The predicted molar refractivity (Wildman–Crippen MR) is 69.7 cm³/mol. The quantitative estimate of drug-likeness (QED) is 0.792. The molecule has 5 rings (SSSR count). The molecule has 1 aliphatic heterocycles. The topological polar surface area (TPSA) is 12.0 Å². The van der Waals surface area contributed by atoms with Crippen molar-refractivity contribution >= 4 is 11.8 Å². The Labute approximate surface area is 103 Å². The molecule has 1 N–H and O–H groups in total. The first kappa shape index (κ1) is 10.3. The number of thioether (sulfide) groups is 1. The minimum atomic E-state index is 0.947. The summed E-state index contributed by atoms with van der Waals surface area (Å²) in [6.45, 7) is 2.55. The highest BCUT2D eigenvalue weighted by Gasteiger charge is 2.48. The van der Waals surface area contributed by atoms with Crippen LogP contribution in [0.4, 0.5) is 0 Å². The highest BCUT2D eigenvalue weighted by atomic mass is 32.2. The predicted octanol–water partition coefficient (Wildman–Crippen LogP) is 2.91. The van der Waals surface area contributed by atoms with Gasteiger partial charge in [-0.25, -0.2) is 0 Å². The van der Waals surface area contributed by atoms with Gasteiger partial charge in [0.15, 0.2) is 0 Å². The van der Waals surface area contributed by atoms with Crippen LogP contribution in [0.15, 0.2) is 0 Å². The van der Waals surface area contributed by atoms with Crippen LogP contribution in [0.3, 0.4) is 0 Å². The first-order valence-corrected chi connectivity index (χ1v) is 8.19. The third-order valence-corrected chi connectivity index (χ3v) is 7.38. The van der Waals surface area contributed by atoms with Crippen LogP contribution in [0.5, 0.6) is 0 Å². The van der Waals surface area contributed by atoms with E-state index >= 15 is 0 Å². The summed E-state index contributed by atoms with van der Waals surface area (Å²) in [5, 5.41) is 5.52. The van der Waals surface area contributed by atoms with Crippen molar-refractivity contribution in [2.75, 3.05) is 13.1 Å². The zero-order valence-electron chi connectivity index (χ0n) is 10.0. The van der Waals surface area contributed by atoms with Gasteiger partial charge in [-0.05, 0) is 68.7 Å². The average Bonchev–Trinajstić information content (AvgIpc) is 2.75. The highest BCUT2D eigenvalue weighted by molar-refractivity contribution is 8.00. The summed E-state index contributed by atoms with van der Waals surface area (Å²) in [5.74, 6) is 4.51. The molecule has 4 saturated carbocycles. The van der Waals surface area contributed by atoms with Gasteiger partial charge in [-0.2, -0.15) is 11.8 Å². The van der Waals surface area contributed by atoms with Gasteiger partial charge >= 0.3 is 0 Å². The molecular weight excluding hydrogens is 214 g/mol. The summed E-state index contributed by atoms with van der Waals surface area (Å²) in [4.78, 5) is 0. The van der Waals surface area contributed by atoms with Gasteiger partial charge in [0.1, 0.15) is 0 Å². The van der Waals surface area contributed by atoms with Crippen LogP contribution < -0.4 is 5.32 Å². The molecule has 0 spiro atoms. The Morgan fingerprint density at radius 2 is 1.56 bits per heavy atom. The van der Waals surface area contributed by atoms with Gasteiger partial charge < -0.3 is 5.32 Å². The molecule has 0 aromatic heterocycles. The lowest BCUT2D eigenvalue weighted by Gasteiger charge is -2.54. The molecule has 1 nitrogen and oxygen atoms in total. The maximum Gasteiger partial charge on any atom is 0.0187 e. The van der Waals surface area contributed by atoms with E-state index in [1.54, 1.807) is 32.1 Å². The molecule has 90 valence electrons. The molecule has 2 heteroatoms.